The Morgan fingerprint density at radius 3 is 2.41 bits per heavy atom. The van der Waals surface area contributed by atoms with Gasteiger partial charge in [0.25, 0.3) is 0 Å². The molecule has 3 aromatic rings. The molecule has 150 valence electrons. The Balaban J connectivity index is 1.66. The molecule has 1 aromatic heterocycles. The second kappa shape index (κ2) is 7.97. The maximum Gasteiger partial charge on any atom is 0.415 e. The Morgan fingerprint density at radius 2 is 1.72 bits per heavy atom. The molecule has 0 N–H and O–H groups in total. The standard InChI is InChI=1S/C22H21NO6/c1-14-20(15-3-5-16(26-2)6-4-15)21(24)18-8-7-17(13-19(18)28-14)29-22(25)23-9-11-27-12-10-23/h3-8,13H,9-12H2,1-2H3. The third kappa shape index (κ3) is 3.82. The van der Waals surface area contributed by atoms with Crippen molar-refractivity contribution in [3.63, 3.8) is 0 Å². The fourth-order valence-corrected chi connectivity index (χ4v) is 3.35. The van der Waals surface area contributed by atoms with Gasteiger partial charge in [-0.15, -0.1) is 0 Å². The third-order valence-corrected chi connectivity index (χ3v) is 4.89. The minimum Gasteiger partial charge on any atom is -0.497 e. The second-order valence-corrected chi connectivity index (χ2v) is 6.72. The van der Waals surface area contributed by atoms with Crippen molar-refractivity contribution in [2.75, 3.05) is 33.4 Å². The van der Waals surface area contributed by atoms with Gasteiger partial charge in [-0.05, 0) is 36.8 Å². The number of amides is 1. The Bertz CT molecular complexity index is 1100. The van der Waals surface area contributed by atoms with Crippen molar-refractivity contribution in [3.8, 4) is 22.6 Å². The molecule has 2 aromatic carbocycles. The summed E-state index contributed by atoms with van der Waals surface area (Å²) in [5.41, 5.74) is 1.48. The van der Waals surface area contributed by atoms with E-state index < -0.39 is 6.09 Å². The third-order valence-electron chi connectivity index (χ3n) is 4.89. The topological polar surface area (TPSA) is 78.2 Å². The number of rotatable bonds is 3. The highest BCUT2D eigenvalue weighted by Crippen LogP contribution is 2.27. The lowest BCUT2D eigenvalue weighted by atomic mass is 10.0. The van der Waals surface area contributed by atoms with Crippen LogP contribution in [-0.2, 0) is 4.74 Å². The summed E-state index contributed by atoms with van der Waals surface area (Å²) < 4.78 is 21.7. The van der Waals surface area contributed by atoms with Crippen LogP contribution < -0.4 is 14.9 Å². The van der Waals surface area contributed by atoms with Gasteiger partial charge in [-0.2, -0.15) is 0 Å². The zero-order chi connectivity index (χ0) is 20.4. The zero-order valence-electron chi connectivity index (χ0n) is 16.3. The van der Waals surface area contributed by atoms with Gasteiger partial charge < -0.3 is 23.5 Å². The van der Waals surface area contributed by atoms with Gasteiger partial charge in [0, 0.05) is 19.2 Å². The van der Waals surface area contributed by atoms with Crippen LogP contribution in [0.3, 0.4) is 0 Å². The molecule has 2 heterocycles. The molecule has 0 spiro atoms. The van der Waals surface area contributed by atoms with Crippen LogP contribution in [0.1, 0.15) is 5.76 Å². The molecular weight excluding hydrogens is 374 g/mol. The van der Waals surface area contributed by atoms with Crippen molar-refractivity contribution in [1.82, 2.24) is 4.90 Å². The molecule has 1 fully saturated rings. The number of methoxy groups -OCH3 is 1. The maximum atomic E-state index is 13.1. The molecule has 0 saturated carbocycles. The molecule has 1 saturated heterocycles. The molecule has 0 unspecified atom stereocenters. The summed E-state index contributed by atoms with van der Waals surface area (Å²) in [5, 5.41) is 0.424. The zero-order valence-corrected chi connectivity index (χ0v) is 16.3. The summed E-state index contributed by atoms with van der Waals surface area (Å²) in [6, 6.07) is 12.0. The van der Waals surface area contributed by atoms with E-state index in [2.05, 4.69) is 0 Å². The summed E-state index contributed by atoms with van der Waals surface area (Å²) in [7, 11) is 1.59. The molecule has 0 bridgehead atoms. The molecule has 1 amide bonds. The molecule has 0 atom stereocenters. The van der Waals surface area contributed by atoms with Gasteiger partial charge in [-0.1, -0.05) is 12.1 Å². The minimum atomic E-state index is -0.443. The molecule has 4 rings (SSSR count). The number of hydrogen-bond acceptors (Lipinski definition) is 6. The van der Waals surface area contributed by atoms with Crippen molar-refractivity contribution in [3.05, 3.63) is 58.4 Å². The van der Waals surface area contributed by atoms with E-state index in [0.29, 0.717) is 60.1 Å². The predicted octanol–water partition coefficient (Wildman–Crippen LogP) is 3.61. The van der Waals surface area contributed by atoms with Gasteiger partial charge >= 0.3 is 6.09 Å². The van der Waals surface area contributed by atoms with Crippen LogP contribution in [0.15, 0.2) is 51.7 Å². The van der Waals surface area contributed by atoms with Crippen molar-refractivity contribution in [2.24, 2.45) is 0 Å². The number of hydrogen-bond donors (Lipinski definition) is 0. The first-order chi connectivity index (χ1) is 14.1. The highest BCUT2D eigenvalue weighted by molar-refractivity contribution is 5.84. The average Bonchev–Trinajstić information content (AvgIpc) is 2.74. The Labute approximate surface area is 167 Å². The molecule has 1 aliphatic rings. The van der Waals surface area contributed by atoms with Crippen LogP contribution >= 0.6 is 0 Å². The Morgan fingerprint density at radius 1 is 1.03 bits per heavy atom. The Kier molecular flexibility index (Phi) is 5.22. The summed E-state index contributed by atoms with van der Waals surface area (Å²) in [5.74, 6) is 1.53. The van der Waals surface area contributed by atoms with Gasteiger partial charge in [-0.25, -0.2) is 4.79 Å². The Hall–Kier alpha value is -3.32. The van der Waals surface area contributed by atoms with E-state index in [0.717, 1.165) is 5.56 Å². The van der Waals surface area contributed by atoms with Crippen molar-refractivity contribution in [2.45, 2.75) is 6.92 Å². The van der Waals surface area contributed by atoms with E-state index >= 15 is 0 Å². The van der Waals surface area contributed by atoms with Gasteiger partial charge in [-0.3, -0.25) is 4.79 Å². The molecule has 0 radical (unpaired) electrons. The number of morpholine rings is 1. The number of nitrogens with zero attached hydrogens (tertiary/aromatic N) is 1. The van der Waals surface area contributed by atoms with E-state index in [1.165, 1.54) is 0 Å². The van der Waals surface area contributed by atoms with Crippen molar-refractivity contribution >= 4 is 17.1 Å². The first-order valence-corrected chi connectivity index (χ1v) is 9.33. The van der Waals surface area contributed by atoms with Crippen LogP contribution in [-0.4, -0.2) is 44.4 Å². The smallest absolute Gasteiger partial charge is 0.415 e. The van der Waals surface area contributed by atoms with E-state index in [1.54, 1.807) is 49.3 Å². The largest absolute Gasteiger partial charge is 0.497 e. The highest BCUT2D eigenvalue weighted by Gasteiger charge is 2.20. The van der Waals surface area contributed by atoms with Gasteiger partial charge in [0.2, 0.25) is 5.43 Å². The fourth-order valence-electron chi connectivity index (χ4n) is 3.35. The lowest BCUT2D eigenvalue weighted by Crippen LogP contribution is -2.42. The number of fused-ring (bicyclic) bond motifs is 1. The monoisotopic (exact) mass is 395 g/mol. The number of aryl methyl sites for hydroxylation is 1. The summed E-state index contributed by atoms with van der Waals surface area (Å²) in [6.07, 6.45) is -0.443. The number of carbonyl (C=O) groups excluding carboxylic acids is 1. The van der Waals surface area contributed by atoms with Crippen LogP contribution in [0, 0.1) is 6.92 Å². The maximum absolute atomic E-state index is 13.1. The lowest BCUT2D eigenvalue weighted by molar-refractivity contribution is 0.0416. The molecule has 29 heavy (non-hydrogen) atoms. The number of benzene rings is 2. The van der Waals surface area contributed by atoms with Crippen LogP contribution in [0.4, 0.5) is 4.79 Å². The first kappa shape index (κ1) is 19.0. The van der Waals surface area contributed by atoms with Gasteiger partial charge in [0.1, 0.15) is 22.8 Å². The van der Waals surface area contributed by atoms with Gasteiger partial charge in [0.05, 0.1) is 31.3 Å². The summed E-state index contributed by atoms with van der Waals surface area (Å²) in [6.45, 7) is 3.72. The highest BCUT2D eigenvalue weighted by atomic mass is 16.6. The van der Waals surface area contributed by atoms with E-state index in [1.807, 2.05) is 12.1 Å². The predicted molar refractivity (Wildman–Crippen MR) is 108 cm³/mol. The van der Waals surface area contributed by atoms with Crippen LogP contribution in [0.2, 0.25) is 0 Å². The van der Waals surface area contributed by atoms with Gasteiger partial charge in [0.15, 0.2) is 0 Å². The number of carbonyl (C=O) groups is 1. The first-order valence-electron chi connectivity index (χ1n) is 9.33. The molecule has 7 heteroatoms. The summed E-state index contributed by atoms with van der Waals surface area (Å²) >= 11 is 0. The summed E-state index contributed by atoms with van der Waals surface area (Å²) in [4.78, 5) is 26.9. The SMILES string of the molecule is COc1ccc(-c2c(C)oc3cc(OC(=O)N4CCOCC4)ccc3c2=O)cc1. The lowest BCUT2D eigenvalue weighted by Gasteiger charge is -2.25. The second-order valence-electron chi connectivity index (χ2n) is 6.72. The average molecular weight is 395 g/mol. The van der Waals surface area contributed by atoms with E-state index in [-0.39, 0.29) is 5.43 Å². The molecule has 7 nitrogen and oxygen atoms in total. The normalized spacial score (nSPS) is 14.1. The molecule has 1 aliphatic heterocycles. The van der Waals surface area contributed by atoms with Crippen LogP contribution in [0.25, 0.3) is 22.1 Å². The van der Waals surface area contributed by atoms with Crippen LogP contribution in [0.5, 0.6) is 11.5 Å². The van der Waals surface area contributed by atoms with Crippen molar-refractivity contribution in [1.29, 1.82) is 0 Å². The fraction of sp³-hybridized carbons (Fsp3) is 0.273. The van der Waals surface area contributed by atoms with E-state index in [4.69, 9.17) is 18.6 Å². The number of ether oxygens (including phenoxy) is 3. The quantitative estimate of drug-likeness (QED) is 0.674. The molecule has 0 aliphatic carbocycles. The van der Waals surface area contributed by atoms with Crippen molar-refractivity contribution < 1.29 is 23.4 Å². The molecular formula is C22H21NO6. The van der Waals surface area contributed by atoms with E-state index in [9.17, 15) is 9.59 Å². The minimum absolute atomic E-state index is 0.139.